The summed E-state index contributed by atoms with van der Waals surface area (Å²) in [6, 6.07) is 17.4. The molecule has 1 saturated heterocycles. The first-order valence-corrected chi connectivity index (χ1v) is 13.7. The molecule has 1 aliphatic heterocycles. The molecule has 7 rings (SSSR count). The number of halogens is 1. The highest BCUT2D eigenvalue weighted by atomic mass is 35.5. The Labute approximate surface area is 226 Å². The van der Waals surface area contributed by atoms with Crippen molar-refractivity contribution >= 4 is 40.0 Å². The third kappa shape index (κ3) is 3.95. The van der Waals surface area contributed by atoms with E-state index >= 15 is 0 Å². The average Bonchev–Trinajstić information content (AvgIpc) is 3.79. The van der Waals surface area contributed by atoms with Gasteiger partial charge < -0.3 is 5.32 Å². The molecule has 3 unspecified atom stereocenters. The number of carbonyl (C=O) groups is 2. The molecule has 2 aliphatic carbocycles. The highest BCUT2D eigenvalue weighted by Gasteiger charge is 2.46. The van der Waals surface area contributed by atoms with Crippen molar-refractivity contribution in [1.29, 1.82) is 0 Å². The number of benzene rings is 2. The molecule has 190 valence electrons. The Morgan fingerprint density at radius 3 is 2.63 bits per heavy atom. The van der Waals surface area contributed by atoms with Crippen molar-refractivity contribution in [2.75, 3.05) is 4.90 Å². The number of urea groups is 1. The molecule has 3 amide bonds. The van der Waals surface area contributed by atoms with Gasteiger partial charge in [0, 0.05) is 45.8 Å². The molecule has 0 spiro atoms. The average molecular weight is 523 g/mol. The van der Waals surface area contributed by atoms with E-state index in [1.807, 2.05) is 42.6 Å². The van der Waals surface area contributed by atoms with E-state index in [2.05, 4.69) is 33.5 Å². The Bertz CT molecular complexity index is 1580. The number of anilines is 1. The topological polar surface area (TPSA) is 75.2 Å². The molecule has 2 aromatic carbocycles. The van der Waals surface area contributed by atoms with Gasteiger partial charge in [0.1, 0.15) is 0 Å². The summed E-state index contributed by atoms with van der Waals surface area (Å²) >= 11 is 6.83. The van der Waals surface area contributed by atoms with Gasteiger partial charge in [-0.3, -0.25) is 14.8 Å². The molecular formula is C31H27ClN4O2. The van der Waals surface area contributed by atoms with Gasteiger partial charge >= 0.3 is 6.03 Å². The Hall–Kier alpha value is -3.77. The molecule has 3 heterocycles. The third-order valence-corrected chi connectivity index (χ3v) is 8.67. The zero-order valence-corrected chi connectivity index (χ0v) is 21.6. The van der Waals surface area contributed by atoms with Crippen molar-refractivity contribution in [1.82, 2.24) is 15.3 Å². The van der Waals surface area contributed by atoms with Crippen molar-refractivity contribution in [2.24, 2.45) is 5.92 Å². The fourth-order valence-corrected chi connectivity index (χ4v) is 6.63. The number of rotatable bonds is 4. The molecule has 0 bridgehead atoms. The Balaban J connectivity index is 1.19. The van der Waals surface area contributed by atoms with Crippen LogP contribution in [0.1, 0.15) is 55.2 Å². The summed E-state index contributed by atoms with van der Waals surface area (Å²) < 4.78 is 0. The van der Waals surface area contributed by atoms with E-state index in [1.54, 1.807) is 12.4 Å². The van der Waals surface area contributed by atoms with E-state index in [1.165, 1.54) is 17.7 Å². The lowest BCUT2D eigenvalue weighted by atomic mass is 9.72. The highest BCUT2D eigenvalue weighted by Crippen LogP contribution is 2.46. The van der Waals surface area contributed by atoms with E-state index in [0.717, 1.165) is 44.6 Å². The van der Waals surface area contributed by atoms with Gasteiger partial charge in [0.2, 0.25) is 5.91 Å². The number of fused-ring (bicyclic) bond motifs is 2. The lowest BCUT2D eigenvalue weighted by Crippen LogP contribution is -2.61. The molecule has 4 aromatic rings. The van der Waals surface area contributed by atoms with Crippen LogP contribution in [-0.2, 0) is 4.79 Å². The number of imide groups is 1. The van der Waals surface area contributed by atoms with Crippen LogP contribution in [0.3, 0.4) is 0 Å². The quantitative estimate of drug-likeness (QED) is 0.318. The van der Waals surface area contributed by atoms with E-state index in [-0.39, 0.29) is 23.8 Å². The van der Waals surface area contributed by atoms with Crippen molar-refractivity contribution in [2.45, 2.75) is 50.0 Å². The molecule has 3 atom stereocenters. The highest BCUT2D eigenvalue weighted by molar-refractivity contribution is 6.32. The van der Waals surface area contributed by atoms with Gasteiger partial charge in [-0.05, 0) is 72.9 Å². The van der Waals surface area contributed by atoms with E-state index in [0.29, 0.717) is 24.4 Å². The summed E-state index contributed by atoms with van der Waals surface area (Å²) in [5, 5.41) is 5.61. The van der Waals surface area contributed by atoms with Gasteiger partial charge in [-0.1, -0.05) is 48.0 Å². The van der Waals surface area contributed by atoms with Crippen LogP contribution in [0.25, 0.3) is 21.9 Å². The first-order chi connectivity index (χ1) is 18.6. The van der Waals surface area contributed by atoms with Crippen LogP contribution in [-0.4, -0.2) is 27.9 Å². The number of hydrogen-bond acceptors (Lipinski definition) is 4. The van der Waals surface area contributed by atoms with Gasteiger partial charge in [-0.25, -0.2) is 9.69 Å². The Kier molecular flexibility index (Phi) is 5.66. The minimum atomic E-state index is -0.391. The van der Waals surface area contributed by atoms with Crippen LogP contribution in [0.2, 0.25) is 5.02 Å². The summed E-state index contributed by atoms with van der Waals surface area (Å²) in [7, 11) is 0. The van der Waals surface area contributed by atoms with Gasteiger partial charge in [-0.15, -0.1) is 0 Å². The van der Waals surface area contributed by atoms with E-state index in [4.69, 9.17) is 11.6 Å². The summed E-state index contributed by atoms with van der Waals surface area (Å²) in [6.45, 7) is 0. The minimum Gasteiger partial charge on any atom is -0.334 e. The number of hydrogen-bond donors (Lipinski definition) is 1. The predicted octanol–water partition coefficient (Wildman–Crippen LogP) is 6.84. The van der Waals surface area contributed by atoms with E-state index in [9.17, 15) is 9.59 Å². The molecule has 2 saturated carbocycles. The second kappa shape index (κ2) is 9.21. The fourth-order valence-electron chi connectivity index (χ4n) is 6.31. The lowest BCUT2D eigenvalue weighted by molar-refractivity contribution is -0.124. The SMILES string of the molecule is O=C1NC2CC(c3c(Cl)cccc3-c3ccnc(C4CC4)c3)CCC2C(=O)N1c1cncc2ccccc12. The van der Waals surface area contributed by atoms with E-state index < -0.39 is 6.03 Å². The first-order valence-electron chi connectivity index (χ1n) is 13.3. The van der Waals surface area contributed by atoms with Gasteiger partial charge in [-0.2, -0.15) is 0 Å². The lowest BCUT2D eigenvalue weighted by Gasteiger charge is -2.43. The standard InChI is InChI=1S/C31H27ClN4O2/c32-25-7-3-6-23(19-12-13-34-26(14-19)18-8-9-18)29(25)20-10-11-24-27(15-20)35-31(38)36(30(24)37)28-17-33-16-21-4-1-2-5-22(21)28/h1-7,12-14,16-18,20,24,27H,8-11,15H2,(H,35,38). The fraction of sp³-hybridized carbons (Fsp3) is 0.290. The van der Waals surface area contributed by atoms with Crippen molar-refractivity contribution < 1.29 is 9.59 Å². The molecule has 3 aliphatic rings. The molecule has 6 nitrogen and oxygen atoms in total. The maximum absolute atomic E-state index is 13.7. The monoisotopic (exact) mass is 522 g/mol. The molecule has 0 radical (unpaired) electrons. The predicted molar refractivity (Wildman–Crippen MR) is 148 cm³/mol. The van der Waals surface area contributed by atoms with Gasteiger partial charge in [0.15, 0.2) is 0 Å². The first kappa shape index (κ1) is 23.4. The van der Waals surface area contributed by atoms with Crippen LogP contribution in [0.5, 0.6) is 0 Å². The summed E-state index contributed by atoms with van der Waals surface area (Å²) in [4.78, 5) is 37.2. The summed E-state index contributed by atoms with van der Waals surface area (Å²) in [5.41, 5.74) is 5.01. The van der Waals surface area contributed by atoms with Crippen LogP contribution in [0.4, 0.5) is 10.5 Å². The number of nitrogens with one attached hydrogen (secondary N) is 1. The van der Waals surface area contributed by atoms with Gasteiger partial charge in [0.25, 0.3) is 0 Å². The second-order valence-electron chi connectivity index (χ2n) is 10.7. The number of amides is 3. The maximum Gasteiger partial charge on any atom is 0.329 e. The van der Waals surface area contributed by atoms with Crippen molar-refractivity contribution in [3.8, 4) is 11.1 Å². The molecule has 7 heteroatoms. The van der Waals surface area contributed by atoms with Crippen LogP contribution < -0.4 is 10.2 Å². The number of carbonyl (C=O) groups excluding carboxylic acids is 2. The van der Waals surface area contributed by atoms with Crippen LogP contribution in [0, 0.1) is 5.92 Å². The Morgan fingerprint density at radius 2 is 1.76 bits per heavy atom. The minimum absolute atomic E-state index is 0.136. The number of aromatic nitrogens is 2. The molecule has 1 N–H and O–H groups in total. The number of nitrogens with zero attached hydrogens (tertiary/aromatic N) is 3. The molecule has 2 aromatic heterocycles. The van der Waals surface area contributed by atoms with Crippen LogP contribution in [0.15, 0.2) is 73.2 Å². The van der Waals surface area contributed by atoms with Gasteiger partial charge in [0.05, 0.1) is 17.8 Å². The summed E-state index contributed by atoms with van der Waals surface area (Å²) in [5.74, 6) is 0.266. The normalized spacial score (nSPS) is 23.3. The molecule has 3 fully saturated rings. The molecule has 38 heavy (non-hydrogen) atoms. The van der Waals surface area contributed by atoms with Crippen LogP contribution >= 0.6 is 11.6 Å². The largest absolute Gasteiger partial charge is 0.334 e. The Morgan fingerprint density at radius 1 is 0.921 bits per heavy atom. The summed E-state index contributed by atoms with van der Waals surface area (Å²) in [6.07, 6.45) is 9.80. The zero-order valence-electron chi connectivity index (χ0n) is 20.8. The van der Waals surface area contributed by atoms with Crippen molar-refractivity contribution in [3.63, 3.8) is 0 Å². The number of pyridine rings is 2. The van der Waals surface area contributed by atoms with Crippen molar-refractivity contribution in [3.05, 3.63) is 89.5 Å². The second-order valence-corrected chi connectivity index (χ2v) is 11.1. The molecular weight excluding hydrogens is 496 g/mol. The zero-order chi connectivity index (χ0) is 25.8. The smallest absolute Gasteiger partial charge is 0.329 e. The third-order valence-electron chi connectivity index (χ3n) is 8.34. The maximum atomic E-state index is 13.7.